The molecular formula is C23H22Cl2N2O4S. The van der Waals surface area contributed by atoms with Crippen molar-refractivity contribution < 1.29 is 17.9 Å². The quantitative estimate of drug-likeness (QED) is 0.448. The number of hydrogen-bond acceptors (Lipinski definition) is 4. The molecule has 0 aliphatic carbocycles. The fraction of sp³-hybridized carbons (Fsp3) is 0.174. The maximum absolute atomic E-state index is 13.4. The molecule has 9 heteroatoms. The van der Waals surface area contributed by atoms with E-state index in [1.807, 2.05) is 6.92 Å². The van der Waals surface area contributed by atoms with Gasteiger partial charge < -0.3 is 10.1 Å². The van der Waals surface area contributed by atoms with Crippen LogP contribution in [0, 0.1) is 6.92 Å². The van der Waals surface area contributed by atoms with Crippen LogP contribution in [0.25, 0.3) is 0 Å². The highest BCUT2D eigenvalue weighted by Crippen LogP contribution is 2.27. The van der Waals surface area contributed by atoms with E-state index < -0.39 is 22.5 Å². The number of aryl methyl sites for hydroxylation is 1. The molecule has 0 radical (unpaired) electrons. The van der Waals surface area contributed by atoms with Crippen molar-refractivity contribution in [2.45, 2.75) is 18.7 Å². The standard InChI is InChI=1S/C23H22Cl2N2O4S/c1-3-31-20-9-7-19(8-10-20)27(32(29,30)21-11-4-17(24)5-12-21)15-23(28)26-22-13-6-18(25)14-16(22)2/h4-14H,3,15H2,1-2H3,(H,26,28). The van der Waals surface area contributed by atoms with Crippen LogP contribution in [0.3, 0.4) is 0 Å². The van der Waals surface area contributed by atoms with Crippen molar-refractivity contribution in [1.29, 1.82) is 0 Å². The Balaban J connectivity index is 1.94. The molecule has 0 aliphatic rings. The van der Waals surface area contributed by atoms with Crippen molar-refractivity contribution in [3.05, 3.63) is 82.3 Å². The Hall–Kier alpha value is -2.74. The second kappa shape index (κ2) is 10.3. The maximum atomic E-state index is 13.4. The molecule has 0 saturated heterocycles. The zero-order valence-corrected chi connectivity index (χ0v) is 19.8. The summed E-state index contributed by atoms with van der Waals surface area (Å²) in [6.45, 7) is 3.71. The molecule has 0 saturated carbocycles. The number of sulfonamides is 1. The molecule has 0 fully saturated rings. The molecule has 0 spiro atoms. The minimum Gasteiger partial charge on any atom is -0.494 e. The fourth-order valence-electron chi connectivity index (χ4n) is 3.01. The van der Waals surface area contributed by atoms with E-state index in [0.29, 0.717) is 33.8 Å². The van der Waals surface area contributed by atoms with E-state index >= 15 is 0 Å². The first-order chi connectivity index (χ1) is 15.2. The Labute approximate surface area is 197 Å². The number of halogens is 2. The first-order valence-corrected chi connectivity index (χ1v) is 12.0. The number of benzene rings is 3. The van der Waals surface area contributed by atoms with Gasteiger partial charge in [-0.05, 0) is 86.1 Å². The number of carbonyl (C=O) groups excluding carboxylic acids is 1. The molecule has 3 rings (SSSR count). The average molecular weight is 493 g/mol. The highest BCUT2D eigenvalue weighted by atomic mass is 35.5. The predicted molar refractivity (Wildman–Crippen MR) is 128 cm³/mol. The second-order valence-electron chi connectivity index (χ2n) is 6.90. The number of anilines is 2. The van der Waals surface area contributed by atoms with Crippen molar-refractivity contribution >= 4 is 50.5 Å². The van der Waals surface area contributed by atoms with Gasteiger partial charge in [-0.25, -0.2) is 8.42 Å². The molecular weight excluding hydrogens is 471 g/mol. The van der Waals surface area contributed by atoms with Crippen molar-refractivity contribution in [3.8, 4) is 5.75 Å². The SMILES string of the molecule is CCOc1ccc(N(CC(=O)Nc2ccc(Cl)cc2C)S(=O)(=O)c2ccc(Cl)cc2)cc1. The zero-order chi connectivity index (χ0) is 23.3. The van der Waals surface area contributed by atoms with Crippen LogP contribution in [0.1, 0.15) is 12.5 Å². The molecule has 1 amide bonds. The number of amides is 1. The summed E-state index contributed by atoms with van der Waals surface area (Å²) < 4.78 is 33.3. The van der Waals surface area contributed by atoms with Gasteiger partial charge in [-0.3, -0.25) is 9.10 Å². The topological polar surface area (TPSA) is 75.7 Å². The van der Waals surface area contributed by atoms with Crippen LogP contribution >= 0.6 is 23.2 Å². The van der Waals surface area contributed by atoms with E-state index in [4.69, 9.17) is 27.9 Å². The lowest BCUT2D eigenvalue weighted by molar-refractivity contribution is -0.114. The van der Waals surface area contributed by atoms with E-state index in [2.05, 4.69) is 5.32 Å². The minimum atomic E-state index is -4.05. The highest BCUT2D eigenvalue weighted by Gasteiger charge is 2.27. The zero-order valence-electron chi connectivity index (χ0n) is 17.5. The van der Waals surface area contributed by atoms with Crippen LogP contribution in [-0.4, -0.2) is 27.5 Å². The lowest BCUT2D eigenvalue weighted by Gasteiger charge is -2.24. The number of nitrogens with zero attached hydrogens (tertiary/aromatic N) is 1. The average Bonchev–Trinajstić information content (AvgIpc) is 2.75. The van der Waals surface area contributed by atoms with Crippen LogP contribution in [-0.2, 0) is 14.8 Å². The van der Waals surface area contributed by atoms with E-state index in [9.17, 15) is 13.2 Å². The number of rotatable bonds is 8. The molecule has 0 atom stereocenters. The van der Waals surface area contributed by atoms with Gasteiger partial charge in [0.2, 0.25) is 5.91 Å². The molecule has 3 aromatic rings. The summed E-state index contributed by atoms with van der Waals surface area (Å²) in [6, 6.07) is 17.3. The molecule has 0 aliphatic heterocycles. The van der Waals surface area contributed by atoms with E-state index in [0.717, 1.165) is 9.87 Å². The van der Waals surface area contributed by atoms with Crippen molar-refractivity contribution in [2.24, 2.45) is 0 Å². The van der Waals surface area contributed by atoms with Gasteiger partial charge in [-0.1, -0.05) is 23.2 Å². The summed E-state index contributed by atoms with van der Waals surface area (Å²) in [5, 5.41) is 3.71. The first kappa shape index (κ1) is 23.9. The monoisotopic (exact) mass is 492 g/mol. The Kier molecular flexibility index (Phi) is 7.66. The maximum Gasteiger partial charge on any atom is 0.264 e. The second-order valence-corrected chi connectivity index (χ2v) is 9.64. The molecule has 0 bridgehead atoms. The first-order valence-electron chi connectivity index (χ1n) is 9.78. The van der Waals surface area contributed by atoms with Crippen LogP contribution in [0.5, 0.6) is 5.75 Å². The smallest absolute Gasteiger partial charge is 0.264 e. The van der Waals surface area contributed by atoms with Gasteiger partial charge in [-0.2, -0.15) is 0 Å². The molecule has 0 aromatic heterocycles. The summed E-state index contributed by atoms with van der Waals surface area (Å²) in [5.41, 5.74) is 1.64. The molecule has 1 N–H and O–H groups in total. The van der Waals surface area contributed by atoms with Crippen LogP contribution in [0.15, 0.2) is 71.6 Å². The highest BCUT2D eigenvalue weighted by molar-refractivity contribution is 7.92. The number of carbonyl (C=O) groups is 1. The van der Waals surface area contributed by atoms with Crippen LogP contribution in [0.2, 0.25) is 10.0 Å². The fourth-order valence-corrected chi connectivity index (χ4v) is 4.79. The van der Waals surface area contributed by atoms with Gasteiger partial charge in [0.15, 0.2) is 0 Å². The predicted octanol–water partition coefficient (Wildman–Crippen LogP) is 5.53. The number of ether oxygens (including phenoxy) is 1. The third kappa shape index (κ3) is 5.73. The Bertz CT molecular complexity index is 1200. The number of nitrogens with one attached hydrogen (secondary N) is 1. The summed E-state index contributed by atoms with van der Waals surface area (Å²) in [4.78, 5) is 12.9. The van der Waals surface area contributed by atoms with Gasteiger partial charge in [0.25, 0.3) is 10.0 Å². The summed E-state index contributed by atoms with van der Waals surface area (Å²) in [6.07, 6.45) is 0. The van der Waals surface area contributed by atoms with Crippen LogP contribution < -0.4 is 14.4 Å². The van der Waals surface area contributed by atoms with E-state index in [1.165, 1.54) is 24.3 Å². The molecule has 0 unspecified atom stereocenters. The van der Waals surface area contributed by atoms with Gasteiger partial charge in [0.05, 0.1) is 17.2 Å². The molecule has 32 heavy (non-hydrogen) atoms. The van der Waals surface area contributed by atoms with Crippen molar-refractivity contribution in [1.82, 2.24) is 0 Å². The summed E-state index contributed by atoms with van der Waals surface area (Å²) >= 11 is 11.9. The third-order valence-corrected chi connectivity index (χ3v) is 6.86. The van der Waals surface area contributed by atoms with Gasteiger partial charge in [-0.15, -0.1) is 0 Å². The normalized spacial score (nSPS) is 11.1. The summed E-state index contributed by atoms with van der Waals surface area (Å²) in [7, 11) is -4.05. The van der Waals surface area contributed by atoms with Gasteiger partial charge >= 0.3 is 0 Å². The van der Waals surface area contributed by atoms with Gasteiger partial charge in [0, 0.05) is 15.7 Å². The summed E-state index contributed by atoms with van der Waals surface area (Å²) in [5.74, 6) is 0.100. The molecule has 0 heterocycles. The van der Waals surface area contributed by atoms with Gasteiger partial charge in [0.1, 0.15) is 12.3 Å². The minimum absolute atomic E-state index is 0.0197. The molecule has 3 aromatic carbocycles. The van der Waals surface area contributed by atoms with E-state index in [1.54, 1.807) is 49.4 Å². The van der Waals surface area contributed by atoms with Crippen molar-refractivity contribution in [2.75, 3.05) is 22.8 Å². The van der Waals surface area contributed by atoms with Crippen LogP contribution in [0.4, 0.5) is 11.4 Å². The molecule has 168 valence electrons. The third-order valence-electron chi connectivity index (χ3n) is 4.59. The number of hydrogen-bond donors (Lipinski definition) is 1. The Morgan fingerprint density at radius 2 is 1.59 bits per heavy atom. The Morgan fingerprint density at radius 3 is 2.19 bits per heavy atom. The Morgan fingerprint density at radius 1 is 0.969 bits per heavy atom. The molecule has 6 nitrogen and oxygen atoms in total. The lowest BCUT2D eigenvalue weighted by Crippen LogP contribution is -2.38. The van der Waals surface area contributed by atoms with Crippen molar-refractivity contribution in [3.63, 3.8) is 0 Å². The van der Waals surface area contributed by atoms with E-state index in [-0.39, 0.29) is 4.90 Å². The lowest BCUT2D eigenvalue weighted by atomic mass is 10.2. The largest absolute Gasteiger partial charge is 0.494 e.